The van der Waals surface area contributed by atoms with Crippen molar-refractivity contribution in [2.75, 3.05) is 6.61 Å². The molecule has 0 atom stereocenters. The molecular weight excluding hydrogens is 320 g/mol. The first-order chi connectivity index (χ1) is 11.0. The van der Waals surface area contributed by atoms with Crippen LogP contribution < -0.4 is 0 Å². The summed E-state index contributed by atoms with van der Waals surface area (Å²) in [6.07, 6.45) is 0. The zero-order valence-electron chi connectivity index (χ0n) is 15.1. The maximum Gasteiger partial charge on any atom is 0.338 e. The number of esters is 1. The van der Waals surface area contributed by atoms with E-state index in [2.05, 4.69) is 0 Å². The van der Waals surface area contributed by atoms with E-state index in [1.165, 1.54) is 6.07 Å². The molecule has 0 fully saturated rings. The molecule has 128 valence electrons. The lowest BCUT2D eigenvalue weighted by atomic mass is 9.95. The summed E-state index contributed by atoms with van der Waals surface area (Å²) < 4.78 is 11.1. The van der Waals surface area contributed by atoms with Crippen LogP contribution in [0.3, 0.4) is 0 Å². The van der Waals surface area contributed by atoms with Gasteiger partial charge in [0.1, 0.15) is 12.1 Å². The van der Waals surface area contributed by atoms with Crippen LogP contribution in [-0.2, 0) is 14.8 Å². The van der Waals surface area contributed by atoms with Crippen LogP contribution in [0, 0.1) is 22.7 Å². The van der Waals surface area contributed by atoms with Gasteiger partial charge in [-0.25, -0.2) is 4.79 Å². The Kier molecular flexibility index (Phi) is 5.94. The first kappa shape index (κ1) is 19.9. The van der Waals surface area contributed by atoms with Gasteiger partial charge in [-0.05, 0) is 37.2 Å². The fourth-order valence-electron chi connectivity index (χ4n) is 1.87. The minimum absolute atomic E-state index is 0.162. The molecule has 0 aliphatic heterocycles. The van der Waals surface area contributed by atoms with E-state index >= 15 is 0 Å². The van der Waals surface area contributed by atoms with Gasteiger partial charge in [0.15, 0.2) is 8.32 Å². The van der Waals surface area contributed by atoms with Gasteiger partial charge in [-0.2, -0.15) is 10.5 Å². The van der Waals surface area contributed by atoms with Crippen molar-refractivity contribution in [3.63, 3.8) is 0 Å². The van der Waals surface area contributed by atoms with Gasteiger partial charge in [-0.15, -0.1) is 0 Å². The maximum absolute atomic E-state index is 11.9. The monoisotopic (exact) mass is 344 g/mol. The number of nitriles is 2. The fraction of sp³-hybridized carbons (Fsp3) is 0.500. The molecule has 5 nitrogen and oxygen atoms in total. The molecule has 0 unspecified atom stereocenters. The maximum atomic E-state index is 11.9. The van der Waals surface area contributed by atoms with Gasteiger partial charge >= 0.3 is 5.97 Å². The van der Waals surface area contributed by atoms with E-state index < -0.39 is 19.9 Å². The minimum Gasteiger partial charge on any atom is -0.462 e. The lowest BCUT2D eigenvalue weighted by Crippen LogP contribution is -2.47. The van der Waals surface area contributed by atoms with Gasteiger partial charge in [0.2, 0.25) is 0 Å². The normalized spacial score (nSPS) is 12.2. The standard InChI is InChI=1S/C18H24N2O3Si/c1-7-22-16(21)14-9-8-10-15(11-14)18(12-19,13-20)23-24(5,6)17(2,3)4/h8-11H,7H2,1-6H3. The summed E-state index contributed by atoms with van der Waals surface area (Å²) in [7, 11) is -2.39. The number of ether oxygens (including phenoxy) is 1. The molecule has 0 aliphatic carbocycles. The first-order valence-electron chi connectivity index (χ1n) is 7.83. The molecule has 6 heteroatoms. The van der Waals surface area contributed by atoms with E-state index in [0.717, 1.165) is 0 Å². The molecule has 0 bridgehead atoms. The number of benzene rings is 1. The SMILES string of the molecule is CCOC(=O)c1cccc(C(C#N)(C#N)O[Si](C)(C)C(C)(C)C)c1. The molecule has 0 aliphatic rings. The van der Waals surface area contributed by atoms with Crippen molar-refractivity contribution >= 4 is 14.3 Å². The van der Waals surface area contributed by atoms with Gasteiger partial charge in [0, 0.05) is 5.56 Å². The molecule has 24 heavy (non-hydrogen) atoms. The van der Waals surface area contributed by atoms with E-state index in [9.17, 15) is 15.3 Å². The molecule has 0 saturated carbocycles. The minimum atomic E-state index is -2.39. The van der Waals surface area contributed by atoms with Gasteiger partial charge in [0.05, 0.1) is 12.2 Å². The van der Waals surface area contributed by atoms with E-state index in [1.807, 2.05) is 46.0 Å². The second-order valence-electron chi connectivity index (χ2n) is 7.07. The Labute approximate surface area is 144 Å². The molecule has 0 amide bonds. The van der Waals surface area contributed by atoms with E-state index in [1.54, 1.807) is 25.1 Å². The van der Waals surface area contributed by atoms with Gasteiger partial charge in [0.25, 0.3) is 5.60 Å². The highest BCUT2D eigenvalue weighted by Gasteiger charge is 2.46. The van der Waals surface area contributed by atoms with Crippen molar-refractivity contribution in [1.29, 1.82) is 10.5 Å². The Morgan fingerprint density at radius 2 is 1.79 bits per heavy atom. The topological polar surface area (TPSA) is 83.1 Å². The highest BCUT2D eigenvalue weighted by atomic mass is 28.4. The predicted octanol–water partition coefficient (Wildman–Crippen LogP) is 4.13. The summed E-state index contributed by atoms with van der Waals surface area (Å²) in [4.78, 5) is 11.9. The number of rotatable bonds is 5. The largest absolute Gasteiger partial charge is 0.462 e. The zero-order valence-corrected chi connectivity index (χ0v) is 16.1. The third kappa shape index (κ3) is 4.03. The van der Waals surface area contributed by atoms with Crippen LogP contribution in [0.1, 0.15) is 43.6 Å². The molecule has 0 N–H and O–H groups in total. The molecular formula is C18H24N2O3Si. The number of carbonyl (C=O) groups is 1. The second kappa shape index (κ2) is 7.17. The molecule has 1 aromatic carbocycles. The van der Waals surface area contributed by atoms with Gasteiger partial charge in [-0.1, -0.05) is 32.9 Å². The summed E-state index contributed by atoms with van der Waals surface area (Å²) >= 11 is 0. The first-order valence-corrected chi connectivity index (χ1v) is 10.7. The van der Waals surface area contributed by atoms with Gasteiger partial charge < -0.3 is 9.16 Å². The third-order valence-corrected chi connectivity index (χ3v) is 8.74. The third-order valence-electron chi connectivity index (χ3n) is 4.31. The molecule has 0 radical (unpaired) electrons. The van der Waals surface area contributed by atoms with Gasteiger partial charge in [-0.3, -0.25) is 0 Å². The van der Waals surface area contributed by atoms with Crippen LogP contribution in [0.15, 0.2) is 24.3 Å². The lowest BCUT2D eigenvalue weighted by Gasteiger charge is -2.40. The van der Waals surface area contributed by atoms with Crippen LogP contribution >= 0.6 is 0 Å². The van der Waals surface area contributed by atoms with Crippen molar-refractivity contribution in [3.05, 3.63) is 35.4 Å². The van der Waals surface area contributed by atoms with E-state index in [4.69, 9.17) is 9.16 Å². The number of nitrogens with zero attached hydrogens (tertiary/aromatic N) is 2. The van der Waals surface area contributed by atoms with Crippen molar-refractivity contribution in [2.24, 2.45) is 0 Å². The summed E-state index contributed by atoms with van der Waals surface area (Å²) in [5.41, 5.74) is -1.10. The van der Waals surface area contributed by atoms with Crippen LogP contribution in [0.25, 0.3) is 0 Å². The lowest BCUT2D eigenvalue weighted by molar-refractivity contribution is 0.0526. The van der Waals surface area contributed by atoms with Crippen LogP contribution in [-0.4, -0.2) is 20.9 Å². The number of carbonyl (C=O) groups excluding carboxylic acids is 1. The molecule has 0 saturated heterocycles. The summed E-state index contributed by atoms with van der Waals surface area (Å²) in [5.74, 6) is -0.489. The Bertz CT molecular complexity index is 679. The predicted molar refractivity (Wildman–Crippen MR) is 93.6 cm³/mol. The molecule has 0 spiro atoms. The molecule has 0 heterocycles. The average Bonchev–Trinajstić information content (AvgIpc) is 2.52. The van der Waals surface area contributed by atoms with Crippen molar-refractivity contribution < 1.29 is 14.0 Å². The average molecular weight is 344 g/mol. The zero-order chi connectivity index (χ0) is 18.6. The number of hydrogen-bond donors (Lipinski definition) is 0. The van der Waals surface area contributed by atoms with Crippen LogP contribution in [0.2, 0.25) is 18.1 Å². The highest BCUT2D eigenvalue weighted by molar-refractivity contribution is 6.74. The molecule has 0 aromatic heterocycles. The van der Waals surface area contributed by atoms with Crippen molar-refractivity contribution in [1.82, 2.24) is 0 Å². The Morgan fingerprint density at radius 1 is 1.21 bits per heavy atom. The molecule has 1 rings (SSSR count). The second-order valence-corrected chi connectivity index (χ2v) is 11.8. The summed E-state index contributed by atoms with van der Waals surface area (Å²) in [6.45, 7) is 12.0. The quantitative estimate of drug-likeness (QED) is 0.592. The van der Waals surface area contributed by atoms with Crippen molar-refractivity contribution in [2.45, 2.75) is 51.4 Å². The number of hydrogen-bond acceptors (Lipinski definition) is 5. The Balaban J connectivity index is 3.37. The van der Waals surface area contributed by atoms with Crippen LogP contribution in [0.5, 0.6) is 0 Å². The summed E-state index contributed by atoms with van der Waals surface area (Å²) in [6, 6.07) is 10.4. The Morgan fingerprint density at radius 3 is 2.25 bits per heavy atom. The molecule has 1 aromatic rings. The van der Waals surface area contributed by atoms with E-state index in [0.29, 0.717) is 11.1 Å². The van der Waals surface area contributed by atoms with E-state index in [-0.39, 0.29) is 11.6 Å². The Hall–Kier alpha value is -2.15. The fourth-order valence-corrected chi connectivity index (χ4v) is 3.15. The van der Waals surface area contributed by atoms with Crippen molar-refractivity contribution in [3.8, 4) is 12.1 Å². The smallest absolute Gasteiger partial charge is 0.338 e. The summed E-state index contributed by atoms with van der Waals surface area (Å²) in [5, 5.41) is 19.2. The highest BCUT2D eigenvalue weighted by Crippen LogP contribution is 2.41. The van der Waals surface area contributed by atoms with Crippen LogP contribution in [0.4, 0.5) is 0 Å².